The number of pyridine rings is 1. The number of rotatable bonds is 5. The number of benzene rings is 1. The highest BCUT2D eigenvalue weighted by molar-refractivity contribution is 7.16. The second-order valence-electron chi connectivity index (χ2n) is 6.64. The van der Waals surface area contributed by atoms with Crippen LogP contribution in [0.1, 0.15) is 16.1 Å². The molecule has 0 aliphatic rings. The van der Waals surface area contributed by atoms with Crippen LogP contribution in [0.15, 0.2) is 71.7 Å². The Labute approximate surface area is 181 Å². The van der Waals surface area contributed by atoms with E-state index in [-0.39, 0.29) is 12.2 Å². The lowest BCUT2D eigenvalue weighted by Gasteiger charge is -2.05. The molecule has 0 fully saturated rings. The Morgan fingerprint density at radius 3 is 2.87 bits per heavy atom. The summed E-state index contributed by atoms with van der Waals surface area (Å²) >= 11 is 7.76. The Morgan fingerprint density at radius 1 is 1.20 bits per heavy atom. The number of carbonyl (C=O) groups excluding carboxylic acids is 1. The Hall–Kier alpha value is -3.22. The number of aromatic nitrogens is 2. The molecule has 1 aromatic carbocycles. The lowest BCUT2D eigenvalue weighted by Crippen LogP contribution is -2.16. The van der Waals surface area contributed by atoms with Crippen molar-refractivity contribution in [3.8, 4) is 10.4 Å². The molecule has 0 atom stereocenters. The minimum Gasteiger partial charge on any atom is -0.456 e. The largest absolute Gasteiger partial charge is 0.456 e. The summed E-state index contributed by atoms with van der Waals surface area (Å²) in [6, 6.07) is 16.5. The SMILES string of the molecule is Cc1ccc2nc(COC(=O)/C=C/c3ccc(-c4ccccc4Cl)s3)cc(=O)n2c1. The van der Waals surface area contributed by atoms with Gasteiger partial charge in [-0.1, -0.05) is 35.9 Å². The summed E-state index contributed by atoms with van der Waals surface area (Å²) in [4.78, 5) is 30.6. The van der Waals surface area contributed by atoms with Gasteiger partial charge in [-0.25, -0.2) is 9.78 Å². The summed E-state index contributed by atoms with van der Waals surface area (Å²) in [5, 5.41) is 0.684. The van der Waals surface area contributed by atoms with E-state index in [0.29, 0.717) is 16.4 Å². The highest BCUT2D eigenvalue weighted by Gasteiger charge is 2.07. The van der Waals surface area contributed by atoms with E-state index in [1.165, 1.54) is 27.9 Å². The Morgan fingerprint density at radius 2 is 2.03 bits per heavy atom. The molecule has 4 rings (SSSR count). The molecule has 0 radical (unpaired) electrons. The van der Waals surface area contributed by atoms with Crippen molar-refractivity contribution in [2.45, 2.75) is 13.5 Å². The maximum atomic E-state index is 12.2. The van der Waals surface area contributed by atoms with Gasteiger partial charge >= 0.3 is 5.97 Å². The molecule has 4 aromatic rings. The van der Waals surface area contributed by atoms with E-state index in [2.05, 4.69) is 4.98 Å². The molecule has 150 valence electrons. The van der Waals surface area contributed by atoms with Gasteiger partial charge in [-0.3, -0.25) is 9.20 Å². The van der Waals surface area contributed by atoms with Gasteiger partial charge in [-0.2, -0.15) is 0 Å². The summed E-state index contributed by atoms with van der Waals surface area (Å²) in [5.74, 6) is -0.506. The molecule has 3 heterocycles. The predicted molar refractivity (Wildman–Crippen MR) is 120 cm³/mol. The van der Waals surface area contributed by atoms with Gasteiger partial charge in [0.1, 0.15) is 12.3 Å². The molecule has 0 aliphatic carbocycles. The first-order chi connectivity index (χ1) is 14.5. The second kappa shape index (κ2) is 8.65. The van der Waals surface area contributed by atoms with Crippen LogP contribution in [0.4, 0.5) is 0 Å². The van der Waals surface area contributed by atoms with Crippen LogP contribution in [0.25, 0.3) is 22.2 Å². The summed E-state index contributed by atoms with van der Waals surface area (Å²) in [7, 11) is 0. The number of carbonyl (C=O) groups is 1. The maximum absolute atomic E-state index is 12.2. The predicted octanol–water partition coefficient (Wildman–Crippen LogP) is 5.14. The molecule has 5 nitrogen and oxygen atoms in total. The van der Waals surface area contributed by atoms with Crippen LogP contribution in [0.5, 0.6) is 0 Å². The summed E-state index contributed by atoms with van der Waals surface area (Å²) in [6.07, 6.45) is 4.78. The smallest absolute Gasteiger partial charge is 0.331 e. The molecule has 0 aliphatic heterocycles. The minimum absolute atomic E-state index is 0.0713. The van der Waals surface area contributed by atoms with Crippen molar-refractivity contribution < 1.29 is 9.53 Å². The zero-order valence-corrected chi connectivity index (χ0v) is 17.6. The van der Waals surface area contributed by atoms with Crippen molar-refractivity contribution in [2.75, 3.05) is 0 Å². The average Bonchev–Trinajstić information content (AvgIpc) is 3.20. The number of hydrogen-bond donors (Lipinski definition) is 0. The van der Waals surface area contributed by atoms with Gasteiger partial charge in [0, 0.05) is 38.7 Å². The Balaban J connectivity index is 1.41. The van der Waals surface area contributed by atoms with E-state index >= 15 is 0 Å². The minimum atomic E-state index is -0.506. The van der Waals surface area contributed by atoms with Gasteiger partial charge < -0.3 is 4.74 Å². The third-order valence-corrected chi connectivity index (χ3v) is 5.79. The fourth-order valence-electron chi connectivity index (χ4n) is 2.92. The third-order valence-electron chi connectivity index (χ3n) is 4.37. The first kappa shape index (κ1) is 20.1. The molecule has 0 bridgehead atoms. The number of thiophene rings is 1. The number of ether oxygens (including phenoxy) is 1. The molecule has 30 heavy (non-hydrogen) atoms. The Bertz CT molecular complexity index is 1320. The summed E-state index contributed by atoms with van der Waals surface area (Å²) in [6.45, 7) is 1.83. The molecule has 3 aromatic heterocycles. The van der Waals surface area contributed by atoms with E-state index in [0.717, 1.165) is 20.9 Å². The molecule has 0 unspecified atom stereocenters. The number of halogens is 1. The van der Waals surface area contributed by atoms with Crippen molar-refractivity contribution in [1.82, 2.24) is 9.38 Å². The van der Waals surface area contributed by atoms with E-state index in [1.54, 1.807) is 18.3 Å². The fraction of sp³-hybridized carbons (Fsp3) is 0.0870. The number of nitrogens with zero attached hydrogens (tertiary/aromatic N) is 2. The van der Waals surface area contributed by atoms with Gasteiger partial charge in [0.2, 0.25) is 0 Å². The van der Waals surface area contributed by atoms with Crippen molar-refractivity contribution in [3.63, 3.8) is 0 Å². The first-order valence-corrected chi connectivity index (χ1v) is 10.4. The molecule has 0 amide bonds. The van der Waals surface area contributed by atoms with E-state index in [1.807, 2.05) is 49.4 Å². The highest BCUT2D eigenvalue weighted by atomic mass is 35.5. The van der Waals surface area contributed by atoms with Crippen LogP contribution in [-0.2, 0) is 16.1 Å². The van der Waals surface area contributed by atoms with Gasteiger partial charge in [-0.05, 0) is 42.8 Å². The van der Waals surface area contributed by atoms with Crippen LogP contribution in [0, 0.1) is 6.92 Å². The van der Waals surface area contributed by atoms with Crippen molar-refractivity contribution in [2.24, 2.45) is 0 Å². The van der Waals surface area contributed by atoms with Crippen LogP contribution in [-0.4, -0.2) is 15.4 Å². The lowest BCUT2D eigenvalue weighted by molar-refractivity contribution is -0.139. The van der Waals surface area contributed by atoms with Crippen molar-refractivity contribution >= 4 is 40.6 Å². The van der Waals surface area contributed by atoms with Crippen molar-refractivity contribution in [3.05, 3.63) is 98.4 Å². The lowest BCUT2D eigenvalue weighted by atomic mass is 10.2. The number of esters is 1. The second-order valence-corrected chi connectivity index (χ2v) is 8.17. The standard InChI is InChI=1S/C23H17ClN2O3S/c1-15-6-10-21-25-16(12-22(27)26(21)13-15)14-29-23(28)11-8-17-7-9-20(30-17)18-4-2-3-5-19(18)24/h2-13H,14H2,1H3/b11-8+. The van der Waals surface area contributed by atoms with Crippen LogP contribution >= 0.6 is 22.9 Å². The topological polar surface area (TPSA) is 60.7 Å². The molecule has 0 spiro atoms. The molecule has 0 saturated carbocycles. The van der Waals surface area contributed by atoms with E-state index < -0.39 is 5.97 Å². The van der Waals surface area contributed by atoms with Crippen LogP contribution in [0.2, 0.25) is 5.02 Å². The van der Waals surface area contributed by atoms with E-state index in [4.69, 9.17) is 16.3 Å². The molecular weight excluding hydrogens is 420 g/mol. The third kappa shape index (κ3) is 4.50. The molecular formula is C23H17ClN2O3S. The van der Waals surface area contributed by atoms with Gasteiger partial charge in [0.25, 0.3) is 5.56 Å². The zero-order valence-electron chi connectivity index (χ0n) is 16.0. The van der Waals surface area contributed by atoms with Crippen LogP contribution < -0.4 is 5.56 Å². The summed E-state index contributed by atoms with van der Waals surface area (Å²) in [5.41, 5.74) is 2.62. The first-order valence-electron chi connectivity index (χ1n) is 9.18. The Kier molecular flexibility index (Phi) is 5.79. The number of fused-ring (bicyclic) bond motifs is 1. The monoisotopic (exact) mass is 436 g/mol. The van der Waals surface area contributed by atoms with Gasteiger partial charge in [0.15, 0.2) is 0 Å². The molecule has 7 heteroatoms. The molecule has 0 N–H and O–H groups in total. The average molecular weight is 437 g/mol. The van der Waals surface area contributed by atoms with Gasteiger partial charge in [0.05, 0.1) is 5.69 Å². The number of hydrogen-bond acceptors (Lipinski definition) is 5. The maximum Gasteiger partial charge on any atom is 0.331 e. The normalized spacial score (nSPS) is 11.3. The molecule has 0 saturated heterocycles. The zero-order chi connectivity index (χ0) is 21.1. The van der Waals surface area contributed by atoms with Crippen molar-refractivity contribution in [1.29, 1.82) is 0 Å². The fourth-order valence-corrected chi connectivity index (χ4v) is 4.17. The quantitative estimate of drug-likeness (QED) is 0.321. The van der Waals surface area contributed by atoms with Crippen LogP contribution in [0.3, 0.4) is 0 Å². The summed E-state index contributed by atoms with van der Waals surface area (Å²) < 4.78 is 6.70. The van der Waals surface area contributed by atoms with E-state index in [9.17, 15) is 9.59 Å². The highest BCUT2D eigenvalue weighted by Crippen LogP contribution is 2.33. The number of aryl methyl sites for hydroxylation is 1. The van der Waals surface area contributed by atoms with Gasteiger partial charge in [-0.15, -0.1) is 11.3 Å².